The smallest absolute Gasteiger partial charge is 0.179 e. The van der Waals surface area contributed by atoms with E-state index in [1.165, 1.54) is 0 Å². The number of ketones is 1. The molecule has 1 fully saturated rings. The molecule has 0 aromatic heterocycles. The average Bonchev–Trinajstić information content (AvgIpc) is 2.41. The van der Waals surface area contributed by atoms with E-state index in [1.807, 2.05) is 38.1 Å². The number of carbonyl (C=O) groups is 1. The molecule has 104 valence electrons. The predicted molar refractivity (Wildman–Crippen MR) is 76.3 cm³/mol. The molecule has 3 nitrogen and oxygen atoms in total. The van der Waals surface area contributed by atoms with Crippen molar-refractivity contribution in [2.75, 3.05) is 13.1 Å². The Balaban J connectivity index is 2.05. The summed E-state index contributed by atoms with van der Waals surface area (Å²) < 4.78 is 0. The molecule has 1 aromatic carbocycles. The van der Waals surface area contributed by atoms with Crippen molar-refractivity contribution >= 4 is 5.78 Å². The first-order valence-corrected chi connectivity index (χ1v) is 7.02. The van der Waals surface area contributed by atoms with Gasteiger partial charge in [0.1, 0.15) is 0 Å². The highest BCUT2D eigenvalue weighted by Crippen LogP contribution is 2.20. The Morgan fingerprint density at radius 1 is 1.37 bits per heavy atom. The lowest BCUT2D eigenvalue weighted by molar-refractivity contribution is 0.0146. The molecular formula is C16H23NO2. The van der Waals surface area contributed by atoms with E-state index in [0.717, 1.165) is 24.1 Å². The standard InChI is InChI=1S/C16H23NO2/c1-11-4-6-14(7-5-11)16(19)13(3)17-9-8-12(2)15(18)10-17/h4-7,12-13,15,18H,8-10H2,1-3H3. The van der Waals surface area contributed by atoms with Gasteiger partial charge in [-0.15, -0.1) is 0 Å². The molecule has 0 radical (unpaired) electrons. The van der Waals surface area contributed by atoms with Crippen LogP contribution in [0.4, 0.5) is 0 Å². The largest absolute Gasteiger partial charge is 0.392 e. The van der Waals surface area contributed by atoms with E-state index in [9.17, 15) is 9.90 Å². The summed E-state index contributed by atoms with van der Waals surface area (Å²) in [4.78, 5) is 14.5. The number of likely N-dealkylation sites (tertiary alicyclic amines) is 1. The second-order valence-electron chi connectivity index (χ2n) is 5.73. The van der Waals surface area contributed by atoms with Crippen molar-refractivity contribution in [2.24, 2.45) is 5.92 Å². The third-order valence-corrected chi connectivity index (χ3v) is 4.21. The maximum Gasteiger partial charge on any atom is 0.179 e. The molecule has 0 spiro atoms. The Morgan fingerprint density at radius 3 is 2.58 bits per heavy atom. The fourth-order valence-electron chi connectivity index (χ4n) is 2.55. The molecule has 0 bridgehead atoms. The molecule has 19 heavy (non-hydrogen) atoms. The van der Waals surface area contributed by atoms with Gasteiger partial charge >= 0.3 is 0 Å². The zero-order chi connectivity index (χ0) is 14.0. The summed E-state index contributed by atoms with van der Waals surface area (Å²) in [6.45, 7) is 7.50. The molecule has 1 aliphatic rings. The van der Waals surface area contributed by atoms with Crippen LogP contribution >= 0.6 is 0 Å². The van der Waals surface area contributed by atoms with Crippen LogP contribution in [0.3, 0.4) is 0 Å². The molecule has 1 saturated heterocycles. The summed E-state index contributed by atoms with van der Waals surface area (Å²) in [5.41, 5.74) is 1.91. The SMILES string of the molecule is Cc1ccc(C(=O)C(C)N2CCC(C)C(O)C2)cc1. The van der Waals surface area contributed by atoms with Crippen LogP contribution in [0.5, 0.6) is 0 Å². The molecule has 1 heterocycles. The number of nitrogens with zero attached hydrogens (tertiary/aromatic N) is 1. The van der Waals surface area contributed by atoms with Gasteiger partial charge in [0.15, 0.2) is 5.78 Å². The van der Waals surface area contributed by atoms with Gasteiger partial charge in [-0.05, 0) is 32.7 Å². The van der Waals surface area contributed by atoms with Crippen molar-refractivity contribution in [3.05, 3.63) is 35.4 Å². The first kappa shape index (κ1) is 14.2. The van der Waals surface area contributed by atoms with Crippen molar-refractivity contribution in [3.8, 4) is 0 Å². The van der Waals surface area contributed by atoms with Crippen molar-refractivity contribution in [2.45, 2.75) is 39.3 Å². The Morgan fingerprint density at radius 2 is 2.00 bits per heavy atom. The minimum absolute atomic E-state index is 0.141. The molecular weight excluding hydrogens is 238 g/mol. The van der Waals surface area contributed by atoms with E-state index < -0.39 is 0 Å². The number of aliphatic hydroxyl groups is 1. The molecule has 0 saturated carbocycles. The maximum atomic E-state index is 12.4. The number of hydrogen-bond acceptors (Lipinski definition) is 3. The minimum atomic E-state index is -0.318. The van der Waals surface area contributed by atoms with Crippen molar-refractivity contribution in [1.82, 2.24) is 4.90 Å². The van der Waals surface area contributed by atoms with Crippen LogP contribution in [0.15, 0.2) is 24.3 Å². The zero-order valence-corrected chi connectivity index (χ0v) is 12.0. The van der Waals surface area contributed by atoms with Crippen molar-refractivity contribution in [1.29, 1.82) is 0 Å². The summed E-state index contributed by atoms with van der Waals surface area (Å²) in [7, 11) is 0. The summed E-state index contributed by atoms with van der Waals surface area (Å²) in [6.07, 6.45) is 0.633. The van der Waals surface area contributed by atoms with Crippen molar-refractivity contribution in [3.63, 3.8) is 0 Å². The van der Waals surface area contributed by atoms with Gasteiger partial charge in [-0.1, -0.05) is 36.8 Å². The molecule has 1 aliphatic heterocycles. The number of benzene rings is 1. The molecule has 2 rings (SSSR count). The number of piperidine rings is 1. The monoisotopic (exact) mass is 261 g/mol. The molecule has 1 aromatic rings. The van der Waals surface area contributed by atoms with E-state index in [1.54, 1.807) is 0 Å². The highest BCUT2D eigenvalue weighted by atomic mass is 16.3. The summed E-state index contributed by atoms with van der Waals surface area (Å²) in [5.74, 6) is 0.472. The first-order valence-electron chi connectivity index (χ1n) is 7.02. The Labute approximate surface area is 115 Å². The highest BCUT2D eigenvalue weighted by molar-refractivity contribution is 5.99. The number of carbonyl (C=O) groups excluding carboxylic acids is 1. The topological polar surface area (TPSA) is 40.5 Å². The Kier molecular flexibility index (Phi) is 4.38. The normalized spacial score (nSPS) is 26.1. The van der Waals surface area contributed by atoms with Gasteiger partial charge in [-0.2, -0.15) is 0 Å². The molecule has 3 atom stereocenters. The number of β-amino-alcohol motifs (C(OH)–C–C–N with tert-alkyl or cyclic N) is 1. The lowest BCUT2D eigenvalue weighted by Gasteiger charge is -2.37. The van der Waals surface area contributed by atoms with Gasteiger partial charge in [0.2, 0.25) is 0 Å². The number of Topliss-reactive ketones (excluding diaryl/α,β-unsaturated/α-hetero) is 1. The molecule has 3 unspecified atom stereocenters. The van der Waals surface area contributed by atoms with Gasteiger partial charge in [-0.3, -0.25) is 9.69 Å². The van der Waals surface area contributed by atoms with Crippen LogP contribution in [0.1, 0.15) is 36.2 Å². The summed E-state index contributed by atoms with van der Waals surface area (Å²) in [6, 6.07) is 7.54. The fourth-order valence-corrected chi connectivity index (χ4v) is 2.55. The van der Waals surface area contributed by atoms with Gasteiger partial charge in [-0.25, -0.2) is 0 Å². The van der Waals surface area contributed by atoms with Crippen LogP contribution in [0.25, 0.3) is 0 Å². The Hall–Kier alpha value is -1.19. The Bertz CT molecular complexity index is 441. The number of aliphatic hydroxyl groups excluding tert-OH is 1. The molecule has 0 aliphatic carbocycles. The fraction of sp³-hybridized carbons (Fsp3) is 0.562. The third-order valence-electron chi connectivity index (χ3n) is 4.21. The lowest BCUT2D eigenvalue weighted by Crippen LogP contribution is -2.49. The maximum absolute atomic E-state index is 12.4. The van der Waals surface area contributed by atoms with Crippen LogP contribution < -0.4 is 0 Å². The van der Waals surface area contributed by atoms with Gasteiger partial charge in [0.25, 0.3) is 0 Å². The zero-order valence-electron chi connectivity index (χ0n) is 12.0. The van der Waals surface area contributed by atoms with E-state index in [-0.39, 0.29) is 17.9 Å². The lowest BCUT2D eigenvalue weighted by atomic mass is 9.93. The van der Waals surface area contributed by atoms with Crippen LogP contribution in [0, 0.1) is 12.8 Å². The molecule has 1 N–H and O–H groups in total. The number of aryl methyl sites for hydroxylation is 1. The highest BCUT2D eigenvalue weighted by Gasteiger charge is 2.30. The molecule has 3 heteroatoms. The minimum Gasteiger partial charge on any atom is -0.392 e. The second kappa shape index (κ2) is 5.85. The van der Waals surface area contributed by atoms with Crippen LogP contribution in [-0.2, 0) is 0 Å². The second-order valence-corrected chi connectivity index (χ2v) is 5.73. The summed E-state index contributed by atoms with van der Waals surface area (Å²) >= 11 is 0. The van der Waals surface area contributed by atoms with Crippen LogP contribution in [-0.4, -0.2) is 41.0 Å². The average molecular weight is 261 g/mol. The molecule has 0 amide bonds. The van der Waals surface area contributed by atoms with Gasteiger partial charge in [0.05, 0.1) is 12.1 Å². The quantitative estimate of drug-likeness (QED) is 0.849. The van der Waals surface area contributed by atoms with Crippen molar-refractivity contribution < 1.29 is 9.90 Å². The van der Waals surface area contributed by atoms with Gasteiger partial charge < -0.3 is 5.11 Å². The summed E-state index contributed by atoms with van der Waals surface area (Å²) in [5, 5.41) is 9.93. The van der Waals surface area contributed by atoms with E-state index >= 15 is 0 Å². The number of hydrogen-bond donors (Lipinski definition) is 1. The first-order chi connectivity index (χ1) is 8.99. The van der Waals surface area contributed by atoms with E-state index in [4.69, 9.17) is 0 Å². The van der Waals surface area contributed by atoms with Crippen LogP contribution in [0.2, 0.25) is 0 Å². The van der Waals surface area contributed by atoms with E-state index in [2.05, 4.69) is 11.8 Å². The third kappa shape index (κ3) is 3.23. The van der Waals surface area contributed by atoms with Gasteiger partial charge in [0, 0.05) is 12.1 Å². The van der Waals surface area contributed by atoms with E-state index in [0.29, 0.717) is 12.5 Å². The number of rotatable bonds is 3. The predicted octanol–water partition coefficient (Wildman–Crippen LogP) is 2.27.